The molecule has 3 amide bonds. The molecule has 0 radical (unpaired) electrons. The van der Waals surface area contributed by atoms with E-state index in [4.69, 9.17) is 5.11 Å². The Morgan fingerprint density at radius 3 is 2.53 bits per heavy atom. The normalized spacial score (nSPS) is 22.2. The highest BCUT2D eigenvalue weighted by Crippen LogP contribution is 2.17. The summed E-state index contributed by atoms with van der Waals surface area (Å²) < 4.78 is 0. The van der Waals surface area contributed by atoms with Crippen LogP contribution >= 0.6 is 0 Å². The van der Waals surface area contributed by atoms with Crippen LogP contribution < -0.4 is 5.32 Å². The highest BCUT2D eigenvalue weighted by molar-refractivity contribution is 5.84. The number of urea groups is 1. The van der Waals surface area contributed by atoms with Gasteiger partial charge in [-0.25, -0.2) is 9.59 Å². The predicted octanol–water partition coefficient (Wildman–Crippen LogP) is -1.31. The lowest BCUT2D eigenvalue weighted by Gasteiger charge is -2.21. The molecule has 0 bridgehead atoms. The van der Waals surface area contributed by atoms with E-state index < -0.39 is 24.1 Å². The molecule has 1 rings (SSSR count). The summed E-state index contributed by atoms with van der Waals surface area (Å²) in [6.45, 7) is 0.124. The molecule has 0 aromatic heterocycles. The monoisotopic (exact) mass is 273 g/mol. The maximum Gasteiger partial charge on any atom is 0.326 e. The fourth-order valence-electron chi connectivity index (χ4n) is 1.87. The van der Waals surface area contributed by atoms with Crippen molar-refractivity contribution in [3.05, 3.63) is 0 Å². The van der Waals surface area contributed by atoms with Crippen LogP contribution in [-0.4, -0.2) is 77.3 Å². The number of rotatable bonds is 4. The van der Waals surface area contributed by atoms with E-state index >= 15 is 0 Å². The van der Waals surface area contributed by atoms with Gasteiger partial charge in [0, 0.05) is 40.0 Å². The number of nitrogens with one attached hydrogen (secondary N) is 1. The van der Waals surface area contributed by atoms with Gasteiger partial charge in [-0.1, -0.05) is 0 Å². The molecule has 1 aliphatic rings. The smallest absolute Gasteiger partial charge is 0.326 e. The van der Waals surface area contributed by atoms with Crippen LogP contribution in [0.4, 0.5) is 4.79 Å². The number of hydrogen-bond acceptors (Lipinski definition) is 4. The van der Waals surface area contributed by atoms with Gasteiger partial charge in [0.2, 0.25) is 5.91 Å². The Balaban J connectivity index is 2.44. The Morgan fingerprint density at radius 2 is 2.00 bits per heavy atom. The predicted molar refractivity (Wildman–Crippen MR) is 65.5 cm³/mol. The Labute approximate surface area is 111 Å². The number of hydrogen-bond donors (Lipinski definition) is 3. The molecule has 8 heteroatoms. The van der Waals surface area contributed by atoms with Gasteiger partial charge in [-0.2, -0.15) is 0 Å². The number of aliphatic hydroxyl groups is 1. The summed E-state index contributed by atoms with van der Waals surface area (Å²) in [4.78, 5) is 36.5. The van der Waals surface area contributed by atoms with Crippen molar-refractivity contribution >= 4 is 17.9 Å². The van der Waals surface area contributed by atoms with E-state index in [1.165, 1.54) is 4.90 Å². The van der Waals surface area contributed by atoms with Crippen LogP contribution in [-0.2, 0) is 9.59 Å². The topological polar surface area (TPSA) is 110 Å². The third-order valence-electron chi connectivity index (χ3n) is 2.94. The van der Waals surface area contributed by atoms with Gasteiger partial charge in [-0.3, -0.25) is 4.79 Å². The third kappa shape index (κ3) is 4.09. The van der Waals surface area contributed by atoms with Crippen molar-refractivity contribution in [1.82, 2.24) is 15.1 Å². The van der Waals surface area contributed by atoms with E-state index in [1.54, 1.807) is 14.1 Å². The van der Waals surface area contributed by atoms with E-state index in [0.29, 0.717) is 0 Å². The van der Waals surface area contributed by atoms with E-state index in [2.05, 4.69) is 5.32 Å². The van der Waals surface area contributed by atoms with Gasteiger partial charge >= 0.3 is 12.0 Å². The number of likely N-dealkylation sites (tertiary alicyclic amines) is 1. The van der Waals surface area contributed by atoms with Gasteiger partial charge in [0.05, 0.1) is 6.10 Å². The molecule has 108 valence electrons. The number of carbonyl (C=O) groups excluding carboxylic acids is 2. The lowest BCUT2D eigenvalue weighted by Crippen LogP contribution is -2.46. The Bertz CT molecular complexity index is 371. The van der Waals surface area contributed by atoms with Gasteiger partial charge in [-0.15, -0.1) is 0 Å². The maximum atomic E-state index is 11.8. The molecule has 0 spiro atoms. The molecule has 3 N–H and O–H groups in total. The van der Waals surface area contributed by atoms with Crippen molar-refractivity contribution in [2.45, 2.75) is 25.0 Å². The van der Waals surface area contributed by atoms with Gasteiger partial charge in [0.15, 0.2) is 0 Å². The first kappa shape index (κ1) is 15.2. The largest absolute Gasteiger partial charge is 0.480 e. The Kier molecular flexibility index (Phi) is 5.11. The summed E-state index contributed by atoms with van der Waals surface area (Å²) in [6, 6.07) is -1.59. The average Bonchev–Trinajstić information content (AvgIpc) is 2.71. The third-order valence-corrected chi connectivity index (χ3v) is 2.94. The molecule has 1 heterocycles. The molecule has 1 aliphatic heterocycles. The van der Waals surface area contributed by atoms with Crippen molar-refractivity contribution in [1.29, 1.82) is 0 Å². The molecule has 0 aromatic carbocycles. The van der Waals surface area contributed by atoms with Crippen molar-refractivity contribution in [2.75, 3.05) is 27.2 Å². The van der Waals surface area contributed by atoms with Gasteiger partial charge < -0.3 is 25.3 Å². The van der Waals surface area contributed by atoms with E-state index in [-0.39, 0.29) is 31.8 Å². The van der Waals surface area contributed by atoms with E-state index in [1.807, 2.05) is 0 Å². The number of nitrogens with zero attached hydrogens (tertiary/aromatic N) is 2. The van der Waals surface area contributed by atoms with Crippen LogP contribution in [0.15, 0.2) is 0 Å². The molecule has 19 heavy (non-hydrogen) atoms. The minimum absolute atomic E-state index is 0.00950. The second kappa shape index (κ2) is 6.37. The number of carboxylic acids is 1. The fourth-order valence-corrected chi connectivity index (χ4v) is 1.87. The zero-order valence-electron chi connectivity index (χ0n) is 11.0. The summed E-state index contributed by atoms with van der Waals surface area (Å²) in [5.74, 6) is -1.27. The second-order valence-electron chi connectivity index (χ2n) is 4.67. The first-order valence-corrected chi connectivity index (χ1v) is 5.98. The molecule has 0 unspecified atom stereocenters. The van der Waals surface area contributed by atoms with Crippen LogP contribution in [0.25, 0.3) is 0 Å². The lowest BCUT2D eigenvalue weighted by atomic mass is 10.2. The summed E-state index contributed by atoms with van der Waals surface area (Å²) in [6.07, 6.45) is -0.651. The fraction of sp³-hybridized carbons (Fsp3) is 0.727. The van der Waals surface area contributed by atoms with Gasteiger partial charge in [-0.05, 0) is 0 Å². The Morgan fingerprint density at radius 1 is 1.37 bits per heavy atom. The molecular formula is C11H19N3O5. The van der Waals surface area contributed by atoms with Crippen LogP contribution in [0.3, 0.4) is 0 Å². The molecule has 1 fully saturated rings. The van der Waals surface area contributed by atoms with Crippen molar-refractivity contribution in [3.8, 4) is 0 Å². The van der Waals surface area contributed by atoms with Crippen LogP contribution in [0.2, 0.25) is 0 Å². The highest BCUT2D eigenvalue weighted by Gasteiger charge is 2.38. The minimum Gasteiger partial charge on any atom is -0.480 e. The van der Waals surface area contributed by atoms with Crippen molar-refractivity contribution < 1.29 is 24.6 Å². The summed E-state index contributed by atoms with van der Waals surface area (Å²) in [5.41, 5.74) is 0. The van der Waals surface area contributed by atoms with E-state index in [0.717, 1.165) is 4.90 Å². The van der Waals surface area contributed by atoms with Gasteiger partial charge in [0.25, 0.3) is 0 Å². The van der Waals surface area contributed by atoms with Crippen LogP contribution in [0, 0.1) is 0 Å². The number of amides is 3. The second-order valence-corrected chi connectivity index (χ2v) is 4.67. The summed E-state index contributed by atoms with van der Waals surface area (Å²) in [7, 11) is 3.23. The SMILES string of the molecule is CN(C)C(=O)CCNC(=O)N1C[C@H](O)C[C@@H]1C(=O)O. The number of aliphatic carboxylic acids is 1. The Hall–Kier alpha value is -1.83. The number of β-amino-alcohol motifs (C(OH)–C–C–N with tert-alkyl or cyclic N) is 1. The summed E-state index contributed by atoms with van der Waals surface area (Å²) in [5, 5.41) is 20.8. The van der Waals surface area contributed by atoms with E-state index in [9.17, 15) is 19.5 Å². The van der Waals surface area contributed by atoms with Gasteiger partial charge in [0.1, 0.15) is 6.04 Å². The molecular weight excluding hydrogens is 254 g/mol. The molecule has 0 saturated carbocycles. The molecule has 0 aliphatic carbocycles. The zero-order chi connectivity index (χ0) is 14.6. The van der Waals surface area contributed by atoms with Crippen LogP contribution in [0.5, 0.6) is 0 Å². The zero-order valence-corrected chi connectivity index (χ0v) is 11.0. The summed E-state index contributed by atoms with van der Waals surface area (Å²) >= 11 is 0. The molecule has 0 aromatic rings. The first-order chi connectivity index (χ1) is 8.82. The quantitative estimate of drug-likeness (QED) is 0.589. The standard InChI is InChI=1S/C11H19N3O5/c1-13(2)9(16)3-4-12-11(19)14-6-7(15)5-8(14)10(17)18/h7-8,15H,3-6H2,1-2H3,(H,12,19)(H,17,18)/t7-,8-/m1/s1. The van der Waals surface area contributed by atoms with Crippen molar-refractivity contribution in [3.63, 3.8) is 0 Å². The maximum absolute atomic E-state index is 11.8. The molecule has 1 saturated heterocycles. The molecule has 2 atom stereocenters. The number of carbonyl (C=O) groups is 3. The number of carboxylic acid groups (broad SMARTS) is 1. The first-order valence-electron chi connectivity index (χ1n) is 5.98. The molecule has 8 nitrogen and oxygen atoms in total. The minimum atomic E-state index is -1.14. The highest BCUT2D eigenvalue weighted by atomic mass is 16.4. The van der Waals surface area contributed by atoms with Crippen LogP contribution in [0.1, 0.15) is 12.8 Å². The van der Waals surface area contributed by atoms with Crippen molar-refractivity contribution in [2.24, 2.45) is 0 Å². The average molecular weight is 273 g/mol. The number of aliphatic hydroxyl groups excluding tert-OH is 1. The lowest BCUT2D eigenvalue weighted by molar-refractivity contribution is -0.141.